The summed E-state index contributed by atoms with van der Waals surface area (Å²) in [6, 6.07) is 3.49. The number of amides is 1. The lowest BCUT2D eigenvalue weighted by Crippen LogP contribution is -2.30. The molecular weight excluding hydrogens is 427 g/mol. The number of rotatable bonds is 9. The maximum atomic E-state index is 14.3. The number of hydrogen-bond acceptors (Lipinski definition) is 7. The predicted molar refractivity (Wildman–Crippen MR) is 109 cm³/mol. The highest BCUT2D eigenvalue weighted by Gasteiger charge is 2.38. The summed E-state index contributed by atoms with van der Waals surface area (Å²) in [6.45, 7) is -0.204. The van der Waals surface area contributed by atoms with Crippen molar-refractivity contribution in [2.45, 2.75) is 31.7 Å². The highest BCUT2D eigenvalue weighted by molar-refractivity contribution is 5.76. The van der Waals surface area contributed by atoms with Crippen molar-refractivity contribution in [2.24, 2.45) is 0 Å². The van der Waals surface area contributed by atoms with E-state index in [9.17, 15) is 18.0 Å². The molecular formula is C20H20F3N7O2. The average Bonchev–Trinajstić information content (AvgIpc) is 3.27. The predicted octanol–water partition coefficient (Wildman–Crippen LogP) is 2.54. The zero-order valence-electron chi connectivity index (χ0n) is 17.0. The van der Waals surface area contributed by atoms with E-state index in [2.05, 4.69) is 31.0 Å². The lowest BCUT2D eigenvalue weighted by Gasteiger charge is -2.11. The Hall–Kier alpha value is -3.83. The van der Waals surface area contributed by atoms with Crippen LogP contribution >= 0.6 is 0 Å². The number of hydrogen-bond donors (Lipinski definition) is 3. The van der Waals surface area contributed by atoms with Gasteiger partial charge in [-0.25, -0.2) is 18.2 Å². The number of anilines is 3. The highest BCUT2D eigenvalue weighted by Crippen LogP contribution is 2.25. The minimum Gasteiger partial charge on any atom is -0.494 e. The Labute approximate surface area is 181 Å². The van der Waals surface area contributed by atoms with Gasteiger partial charge in [0.1, 0.15) is 24.4 Å². The van der Waals surface area contributed by atoms with Gasteiger partial charge in [-0.15, -0.1) is 0 Å². The second kappa shape index (κ2) is 9.12. The summed E-state index contributed by atoms with van der Waals surface area (Å²) in [5, 5.41) is 12.4. The summed E-state index contributed by atoms with van der Waals surface area (Å²) in [5.41, 5.74) is 0.344. The fourth-order valence-corrected chi connectivity index (χ4v) is 2.95. The first-order valence-corrected chi connectivity index (χ1v) is 9.73. The van der Waals surface area contributed by atoms with Gasteiger partial charge < -0.3 is 20.7 Å². The van der Waals surface area contributed by atoms with E-state index < -0.39 is 23.8 Å². The van der Waals surface area contributed by atoms with E-state index in [0.717, 1.165) is 6.07 Å². The fraction of sp³-hybridized carbons (Fsp3) is 0.300. The second-order valence-electron chi connectivity index (χ2n) is 7.14. The molecule has 0 saturated heterocycles. The van der Waals surface area contributed by atoms with Crippen LogP contribution < -0.4 is 20.7 Å². The number of methoxy groups -OCH3 is 1. The van der Waals surface area contributed by atoms with Crippen LogP contribution in [0.1, 0.15) is 12.0 Å². The maximum absolute atomic E-state index is 14.3. The van der Waals surface area contributed by atoms with Gasteiger partial charge in [-0.2, -0.15) is 10.1 Å². The Morgan fingerprint density at radius 2 is 2.12 bits per heavy atom. The smallest absolute Gasteiger partial charge is 0.242 e. The van der Waals surface area contributed by atoms with Gasteiger partial charge in [0.25, 0.3) is 0 Å². The molecule has 1 aliphatic carbocycles. The van der Waals surface area contributed by atoms with E-state index in [1.165, 1.54) is 30.3 Å². The molecule has 1 aliphatic rings. The van der Waals surface area contributed by atoms with Crippen LogP contribution in [0.2, 0.25) is 0 Å². The van der Waals surface area contributed by atoms with E-state index in [1.54, 1.807) is 12.3 Å². The molecule has 1 aromatic carbocycles. The topological polar surface area (TPSA) is 106 Å². The zero-order chi connectivity index (χ0) is 22.7. The Bertz CT molecular complexity index is 1120. The van der Waals surface area contributed by atoms with Crippen LogP contribution in [-0.2, 0) is 17.9 Å². The molecule has 2 atom stereocenters. The minimum atomic E-state index is -0.969. The lowest BCUT2D eigenvalue weighted by atomic mass is 10.2. The lowest BCUT2D eigenvalue weighted by molar-refractivity contribution is -0.122. The molecule has 4 rings (SSSR count). The molecule has 3 N–H and O–H groups in total. The Morgan fingerprint density at radius 3 is 2.88 bits per heavy atom. The SMILES string of the molecule is COc1ccc(F)c(CNc2ccnc(Nc3cnn(CC(=O)N[C@@H]4C[C@@H]4F)c3)n2)c1F. The van der Waals surface area contributed by atoms with Crippen LogP contribution in [0.4, 0.5) is 30.6 Å². The first-order valence-electron chi connectivity index (χ1n) is 9.73. The van der Waals surface area contributed by atoms with Gasteiger partial charge in [-0.1, -0.05) is 0 Å². The van der Waals surface area contributed by atoms with Crippen LogP contribution in [0.5, 0.6) is 5.75 Å². The first-order chi connectivity index (χ1) is 15.4. The number of halogens is 3. The zero-order valence-corrected chi connectivity index (χ0v) is 17.0. The molecule has 0 radical (unpaired) electrons. The molecule has 3 aromatic rings. The monoisotopic (exact) mass is 447 g/mol. The van der Waals surface area contributed by atoms with Crippen LogP contribution in [0.15, 0.2) is 36.8 Å². The van der Waals surface area contributed by atoms with Crippen molar-refractivity contribution < 1.29 is 22.7 Å². The molecule has 2 heterocycles. The number of carbonyl (C=O) groups is 1. The molecule has 0 spiro atoms. The normalized spacial score (nSPS) is 17.0. The molecule has 12 heteroatoms. The van der Waals surface area contributed by atoms with Gasteiger partial charge in [0, 0.05) is 30.9 Å². The highest BCUT2D eigenvalue weighted by atomic mass is 19.1. The molecule has 32 heavy (non-hydrogen) atoms. The van der Waals surface area contributed by atoms with Crippen LogP contribution in [0.25, 0.3) is 0 Å². The van der Waals surface area contributed by atoms with Gasteiger partial charge >= 0.3 is 0 Å². The number of ether oxygens (including phenoxy) is 1. The van der Waals surface area contributed by atoms with Crippen molar-refractivity contribution in [3.63, 3.8) is 0 Å². The second-order valence-corrected chi connectivity index (χ2v) is 7.14. The quantitative estimate of drug-likeness (QED) is 0.463. The number of alkyl halides is 1. The third-order valence-corrected chi connectivity index (χ3v) is 4.73. The summed E-state index contributed by atoms with van der Waals surface area (Å²) < 4.78 is 47.4. The van der Waals surface area contributed by atoms with Crippen molar-refractivity contribution in [2.75, 3.05) is 17.7 Å². The Kier molecular flexibility index (Phi) is 6.10. The van der Waals surface area contributed by atoms with E-state index in [0.29, 0.717) is 17.9 Å². The average molecular weight is 447 g/mol. The summed E-state index contributed by atoms with van der Waals surface area (Å²) in [5.74, 6) is -1.33. The molecule has 1 fully saturated rings. The largest absolute Gasteiger partial charge is 0.494 e. The minimum absolute atomic E-state index is 0.0506. The van der Waals surface area contributed by atoms with Crippen molar-refractivity contribution in [3.8, 4) is 5.75 Å². The molecule has 1 amide bonds. The van der Waals surface area contributed by atoms with Crippen LogP contribution in [-0.4, -0.2) is 45.0 Å². The van der Waals surface area contributed by atoms with Crippen LogP contribution in [0, 0.1) is 11.6 Å². The molecule has 168 valence electrons. The van der Waals surface area contributed by atoms with Crippen molar-refractivity contribution in [1.29, 1.82) is 0 Å². The molecule has 0 unspecified atom stereocenters. The molecule has 1 saturated carbocycles. The van der Waals surface area contributed by atoms with Crippen LogP contribution in [0.3, 0.4) is 0 Å². The Balaban J connectivity index is 1.36. The summed E-state index contributed by atoms with van der Waals surface area (Å²) in [4.78, 5) is 20.2. The third-order valence-electron chi connectivity index (χ3n) is 4.73. The van der Waals surface area contributed by atoms with E-state index in [4.69, 9.17) is 4.74 Å². The maximum Gasteiger partial charge on any atom is 0.242 e. The van der Waals surface area contributed by atoms with Crippen molar-refractivity contribution >= 4 is 23.4 Å². The van der Waals surface area contributed by atoms with E-state index in [-0.39, 0.29) is 36.3 Å². The number of carbonyl (C=O) groups excluding carboxylic acids is 1. The van der Waals surface area contributed by atoms with Crippen molar-refractivity contribution in [3.05, 3.63) is 54.0 Å². The number of nitrogens with zero attached hydrogens (tertiary/aromatic N) is 4. The third kappa shape index (κ3) is 5.07. The summed E-state index contributed by atoms with van der Waals surface area (Å²) in [7, 11) is 1.30. The van der Waals surface area contributed by atoms with Gasteiger partial charge in [-0.05, 0) is 18.2 Å². The van der Waals surface area contributed by atoms with Crippen molar-refractivity contribution in [1.82, 2.24) is 25.1 Å². The van der Waals surface area contributed by atoms with Gasteiger partial charge in [-0.3, -0.25) is 9.48 Å². The summed E-state index contributed by atoms with van der Waals surface area (Å²) in [6.07, 6.45) is 3.90. The molecule has 9 nitrogen and oxygen atoms in total. The number of benzene rings is 1. The summed E-state index contributed by atoms with van der Waals surface area (Å²) >= 11 is 0. The van der Waals surface area contributed by atoms with E-state index in [1.807, 2.05) is 0 Å². The van der Waals surface area contributed by atoms with Gasteiger partial charge in [0.05, 0.1) is 25.0 Å². The molecule has 0 bridgehead atoms. The Morgan fingerprint density at radius 1 is 1.31 bits per heavy atom. The fourth-order valence-electron chi connectivity index (χ4n) is 2.95. The number of aromatic nitrogens is 4. The molecule has 2 aromatic heterocycles. The van der Waals surface area contributed by atoms with Gasteiger partial charge in [0.15, 0.2) is 11.6 Å². The first kappa shape index (κ1) is 21.4. The van der Waals surface area contributed by atoms with Gasteiger partial charge in [0.2, 0.25) is 11.9 Å². The standard InChI is InChI=1S/C20H20F3N7O2/c1-32-16-3-2-13(21)12(19(16)23)8-25-17-4-5-24-20(29-17)27-11-7-26-30(9-11)10-18(31)28-15-6-14(15)22/h2-5,7,9,14-15H,6,8,10H2,1H3,(H,28,31)(H2,24,25,27,29)/t14-,15+/m0/s1. The molecule has 0 aliphatic heterocycles. The van der Waals surface area contributed by atoms with E-state index >= 15 is 0 Å². The number of nitrogens with one attached hydrogen (secondary N) is 3.